The van der Waals surface area contributed by atoms with Crippen molar-refractivity contribution in [3.05, 3.63) is 21.9 Å². The minimum absolute atomic E-state index is 0.0233. The van der Waals surface area contributed by atoms with Crippen molar-refractivity contribution in [1.29, 1.82) is 0 Å². The summed E-state index contributed by atoms with van der Waals surface area (Å²) in [5.74, 6) is 0.661. The van der Waals surface area contributed by atoms with Gasteiger partial charge in [0.25, 0.3) is 5.91 Å². The number of methoxy groups -OCH3 is 1. The van der Waals surface area contributed by atoms with E-state index >= 15 is 0 Å². The molecule has 1 aromatic rings. The Balaban J connectivity index is 1.93. The summed E-state index contributed by atoms with van der Waals surface area (Å²) in [4.78, 5) is 26.4. The Labute approximate surface area is 130 Å². The molecule has 0 saturated carbocycles. The number of likely N-dealkylation sites (tertiary alicyclic amines) is 1. The Morgan fingerprint density at radius 1 is 1.48 bits per heavy atom. The number of rotatable bonds is 6. The summed E-state index contributed by atoms with van der Waals surface area (Å²) in [5.41, 5.74) is 0.655. The molecule has 0 aliphatic carbocycles. The van der Waals surface area contributed by atoms with E-state index in [9.17, 15) is 9.59 Å². The lowest BCUT2D eigenvalue weighted by atomic mass is 9.93. The highest BCUT2D eigenvalue weighted by atomic mass is 32.1. The summed E-state index contributed by atoms with van der Waals surface area (Å²) < 4.78 is 5.09. The van der Waals surface area contributed by atoms with E-state index in [1.54, 1.807) is 18.6 Å². The van der Waals surface area contributed by atoms with E-state index in [2.05, 4.69) is 0 Å². The highest BCUT2D eigenvalue weighted by molar-refractivity contribution is 7.12. The molecule has 1 unspecified atom stereocenters. The fraction of sp³-hybridized carbons (Fsp3) is 0.625. The van der Waals surface area contributed by atoms with Crippen LogP contribution in [0.4, 0.5) is 0 Å². The molecule has 0 aromatic carbocycles. The molecule has 4 nitrogen and oxygen atoms in total. The van der Waals surface area contributed by atoms with Crippen LogP contribution in [-0.4, -0.2) is 43.4 Å². The van der Waals surface area contributed by atoms with Gasteiger partial charge in [0, 0.05) is 32.2 Å². The molecular weight excluding hydrogens is 286 g/mol. The normalized spacial score (nSPS) is 18.8. The summed E-state index contributed by atoms with van der Waals surface area (Å²) in [7, 11) is 1.72. The van der Waals surface area contributed by atoms with Crippen LogP contribution in [0.25, 0.3) is 0 Å². The number of hydrogen-bond donors (Lipinski definition) is 0. The van der Waals surface area contributed by atoms with Crippen LogP contribution in [0, 0.1) is 5.92 Å². The Kier molecular flexibility index (Phi) is 5.94. The van der Waals surface area contributed by atoms with Gasteiger partial charge in [-0.3, -0.25) is 9.59 Å². The second-order valence-electron chi connectivity index (χ2n) is 5.65. The van der Waals surface area contributed by atoms with Gasteiger partial charge in [-0.1, -0.05) is 0 Å². The van der Waals surface area contributed by atoms with Gasteiger partial charge in [-0.15, -0.1) is 11.3 Å². The van der Waals surface area contributed by atoms with Crippen molar-refractivity contribution in [3.63, 3.8) is 0 Å². The first-order valence-electron chi connectivity index (χ1n) is 7.49. The van der Waals surface area contributed by atoms with Crippen LogP contribution in [0.1, 0.15) is 52.6 Å². The number of Topliss-reactive ketones (excluding diaryl/α,β-unsaturated/α-hetero) is 1. The molecule has 1 atom stereocenters. The van der Waals surface area contributed by atoms with Gasteiger partial charge in [0.2, 0.25) is 0 Å². The van der Waals surface area contributed by atoms with E-state index in [1.807, 2.05) is 4.90 Å². The zero-order valence-corrected chi connectivity index (χ0v) is 13.6. The van der Waals surface area contributed by atoms with Gasteiger partial charge in [-0.25, -0.2) is 0 Å². The molecule has 1 amide bonds. The predicted molar refractivity (Wildman–Crippen MR) is 84.1 cm³/mol. The Morgan fingerprint density at radius 3 is 2.95 bits per heavy atom. The molecule has 1 aromatic heterocycles. The minimum atomic E-state index is 0.0233. The zero-order valence-electron chi connectivity index (χ0n) is 12.8. The molecule has 2 heterocycles. The number of ether oxygens (including phenoxy) is 1. The lowest BCUT2D eigenvalue weighted by Crippen LogP contribution is -2.39. The third-order valence-electron chi connectivity index (χ3n) is 3.96. The number of nitrogens with zero attached hydrogens (tertiary/aromatic N) is 1. The van der Waals surface area contributed by atoms with E-state index in [4.69, 9.17) is 4.74 Å². The number of amides is 1. The third kappa shape index (κ3) is 4.38. The van der Waals surface area contributed by atoms with Crippen LogP contribution in [0.2, 0.25) is 0 Å². The minimum Gasteiger partial charge on any atom is -0.385 e. The highest BCUT2D eigenvalue weighted by Crippen LogP contribution is 2.24. The Hall–Kier alpha value is -1.20. The molecule has 21 heavy (non-hydrogen) atoms. The SMILES string of the molecule is COCCCC1CCCN(C(=O)c2csc(C(C)=O)c2)C1. The summed E-state index contributed by atoms with van der Waals surface area (Å²) in [6.45, 7) is 3.97. The van der Waals surface area contributed by atoms with E-state index in [1.165, 1.54) is 24.7 Å². The summed E-state index contributed by atoms with van der Waals surface area (Å²) >= 11 is 1.35. The van der Waals surface area contributed by atoms with Gasteiger partial charge in [0.1, 0.15) is 0 Å². The van der Waals surface area contributed by atoms with Crippen molar-refractivity contribution in [2.24, 2.45) is 5.92 Å². The number of carbonyl (C=O) groups excluding carboxylic acids is 2. The molecule has 5 heteroatoms. The van der Waals surface area contributed by atoms with Gasteiger partial charge in [-0.05, 0) is 44.6 Å². The standard InChI is InChI=1S/C16H23NO3S/c1-12(18)15-9-14(11-21-15)16(19)17-7-3-5-13(10-17)6-4-8-20-2/h9,11,13H,3-8,10H2,1-2H3. The van der Waals surface area contributed by atoms with Crippen LogP contribution < -0.4 is 0 Å². The second kappa shape index (κ2) is 7.71. The summed E-state index contributed by atoms with van der Waals surface area (Å²) in [5, 5.41) is 1.80. The molecule has 116 valence electrons. The number of piperidine rings is 1. The van der Waals surface area contributed by atoms with E-state index < -0.39 is 0 Å². The molecule has 0 N–H and O–H groups in total. The number of thiophene rings is 1. The van der Waals surface area contributed by atoms with Crippen molar-refractivity contribution in [1.82, 2.24) is 4.90 Å². The van der Waals surface area contributed by atoms with Crippen LogP contribution in [0.15, 0.2) is 11.4 Å². The molecule has 1 saturated heterocycles. The van der Waals surface area contributed by atoms with Gasteiger partial charge in [-0.2, -0.15) is 0 Å². The smallest absolute Gasteiger partial charge is 0.254 e. The maximum Gasteiger partial charge on any atom is 0.254 e. The lowest BCUT2D eigenvalue weighted by molar-refractivity contribution is 0.0661. The van der Waals surface area contributed by atoms with Crippen molar-refractivity contribution in [2.75, 3.05) is 26.8 Å². The second-order valence-corrected chi connectivity index (χ2v) is 6.56. The topological polar surface area (TPSA) is 46.6 Å². The van der Waals surface area contributed by atoms with E-state index in [0.29, 0.717) is 16.4 Å². The van der Waals surface area contributed by atoms with Gasteiger partial charge < -0.3 is 9.64 Å². The summed E-state index contributed by atoms with van der Waals surface area (Å²) in [6.07, 6.45) is 4.42. The monoisotopic (exact) mass is 309 g/mol. The molecule has 0 bridgehead atoms. The first kappa shape index (κ1) is 16.2. The molecule has 1 aliphatic heterocycles. The predicted octanol–water partition coefficient (Wildman–Crippen LogP) is 3.23. The quantitative estimate of drug-likeness (QED) is 0.599. The average molecular weight is 309 g/mol. The van der Waals surface area contributed by atoms with Crippen LogP contribution in [-0.2, 0) is 4.74 Å². The molecule has 2 rings (SSSR count). The number of carbonyl (C=O) groups is 2. The van der Waals surface area contributed by atoms with Crippen molar-refractivity contribution in [2.45, 2.75) is 32.6 Å². The van der Waals surface area contributed by atoms with Crippen molar-refractivity contribution < 1.29 is 14.3 Å². The Bertz CT molecular complexity index is 497. The molecule has 1 aliphatic rings. The zero-order chi connectivity index (χ0) is 15.2. The number of hydrogen-bond acceptors (Lipinski definition) is 4. The van der Waals surface area contributed by atoms with Gasteiger partial charge in [0.15, 0.2) is 5.78 Å². The first-order chi connectivity index (χ1) is 10.1. The van der Waals surface area contributed by atoms with Crippen molar-refractivity contribution in [3.8, 4) is 0 Å². The van der Waals surface area contributed by atoms with Crippen LogP contribution >= 0.6 is 11.3 Å². The lowest BCUT2D eigenvalue weighted by Gasteiger charge is -2.32. The van der Waals surface area contributed by atoms with E-state index in [0.717, 1.165) is 39.0 Å². The van der Waals surface area contributed by atoms with E-state index in [-0.39, 0.29) is 11.7 Å². The fourth-order valence-corrected chi connectivity index (χ4v) is 3.60. The van der Waals surface area contributed by atoms with Crippen LogP contribution in [0.5, 0.6) is 0 Å². The first-order valence-corrected chi connectivity index (χ1v) is 8.37. The number of ketones is 1. The summed E-state index contributed by atoms with van der Waals surface area (Å²) in [6, 6.07) is 1.73. The average Bonchev–Trinajstić information content (AvgIpc) is 2.97. The third-order valence-corrected chi connectivity index (χ3v) is 4.99. The van der Waals surface area contributed by atoms with Crippen molar-refractivity contribution >= 4 is 23.0 Å². The molecule has 0 radical (unpaired) electrons. The maximum absolute atomic E-state index is 12.5. The Morgan fingerprint density at radius 2 is 2.29 bits per heavy atom. The highest BCUT2D eigenvalue weighted by Gasteiger charge is 2.25. The van der Waals surface area contributed by atoms with Gasteiger partial charge >= 0.3 is 0 Å². The maximum atomic E-state index is 12.5. The molecule has 1 fully saturated rings. The molecule has 0 spiro atoms. The van der Waals surface area contributed by atoms with Gasteiger partial charge in [0.05, 0.1) is 10.4 Å². The molecular formula is C16H23NO3S. The van der Waals surface area contributed by atoms with Crippen LogP contribution in [0.3, 0.4) is 0 Å². The largest absolute Gasteiger partial charge is 0.385 e. The fourth-order valence-electron chi connectivity index (χ4n) is 2.82.